The molecule has 1 aromatic rings. The molecule has 20 heavy (non-hydrogen) atoms. The number of anilines is 1. The molecule has 112 valence electrons. The average Bonchev–Trinajstić information content (AvgIpc) is 3.24. The Morgan fingerprint density at radius 1 is 1.35 bits per heavy atom. The van der Waals surface area contributed by atoms with Gasteiger partial charge in [0.1, 0.15) is 18.2 Å². The number of nitrogens with one attached hydrogen (secondary N) is 1. The molecule has 1 N–H and O–H groups in total. The highest BCUT2D eigenvalue weighted by molar-refractivity contribution is 5.48. The summed E-state index contributed by atoms with van der Waals surface area (Å²) in [7, 11) is 4.04. The highest BCUT2D eigenvalue weighted by Crippen LogP contribution is 2.26. The Bertz CT molecular complexity index is 457. The lowest BCUT2D eigenvalue weighted by molar-refractivity contribution is 0.224. The zero-order valence-electron chi connectivity index (χ0n) is 13.2. The van der Waals surface area contributed by atoms with E-state index in [-0.39, 0.29) is 0 Å². The summed E-state index contributed by atoms with van der Waals surface area (Å²) in [4.78, 5) is 11.4. The molecule has 0 saturated heterocycles. The largest absolute Gasteiger partial charge is 0.476 e. The third-order valence-corrected chi connectivity index (χ3v) is 3.72. The topological polar surface area (TPSA) is 50.3 Å². The summed E-state index contributed by atoms with van der Waals surface area (Å²) in [5.74, 6) is 2.68. The third-order valence-electron chi connectivity index (χ3n) is 3.72. The first-order valence-electron chi connectivity index (χ1n) is 7.42. The minimum atomic E-state index is 0.291. The Hall–Kier alpha value is -1.36. The summed E-state index contributed by atoms with van der Waals surface area (Å²) >= 11 is 0. The van der Waals surface area contributed by atoms with Gasteiger partial charge in [0.05, 0.1) is 5.56 Å². The van der Waals surface area contributed by atoms with E-state index in [0.29, 0.717) is 18.4 Å². The SMILES string of the molecule is CNc1nc(C(C)C)nc(OCCN(C)C2CC2)c1C. The van der Waals surface area contributed by atoms with Gasteiger partial charge in [-0.15, -0.1) is 0 Å². The van der Waals surface area contributed by atoms with Crippen molar-refractivity contribution < 1.29 is 4.74 Å². The van der Waals surface area contributed by atoms with E-state index >= 15 is 0 Å². The highest BCUT2D eigenvalue weighted by Gasteiger charge is 2.25. The van der Waals surface area contributed by atoms with E-state index in [9.17, 15) is 0 Å². The molecule has 2 rings (SSSR count). The van der Waals surface area contributed by atoms with Gasteiger partial charge >= 0.3 is 0 Å². The van der Waals surface area contributed by atoms with Crippen LogP contribution in [0.15, 0.2) is 0 Å². The number of rotatable bonds is 7. The van der Waals surface area contributed by atoms with Gasteiger partial charge in [-0.2, -0.15) is 4.98 Å². The van der Waals surface area contributed by atoms with E-state index in [1.165, 1.54) is 12.8 Å². The highest BCUT2D eigenvalue weighted by atomic mass is 16.5. The van der Waals surface area contributed by atoms with Gasteiger partial charge in [-0.05, 0) is 26.8 Å². The van der Waals surface area contributed by atoms with Gasteiger partial charge in [-0.1, -0.05) is 13.8 Å². The van der Waals surface area contributed by atoms with Gasteiger partial charge in [-0.3, -0.25) is 0 Å². The summed E-state index contributed by atoms with van der Waals surface area (Å²) < 4.78 is 5.89. The minimum absolute atomic E-state index is 0.291. The summed E-state index contributed by atoms with van der Waals surface area (Å²) in [6.45, 7) is 7.80. The molecule has 1 fully saturated rings. The fourth-order valence-electron chi connectivity index (χ4n) is 2.14. The molecule has 0 bridgehead atoms. The number of nitrogens with zero attached hydrogens (tertiary/aromatic N) is 3. The van der Waals surface area contributed by atoms with Crippen molar-refractivity contribution in [2.45, 2.75) is 45.6 Å². The van der Waals surface area contributed by atoms with Crippen molar-refractivity contribution in [1.29, 1.82) is 0 Å². The Kier molecular flexibility index (Phi) is 4.81. The summed E-state index contributed by atoms with van der Waals surface area (Å²) in [6.07, 6.45) is 2.65. The molecule has 1 heterocycles. The van der Waals surface area contributed by atoms with Crippen molar-refractivity contribution in [2.75, 3.05) is 32.6 Å². The standard InChI is InChI=1S/C15H26N4O/c1-10(2)13-17-14(16-4)11(3)15(18-13)20-9-8-19(5)12-6-7-12/h10,12H,6-9H2,1-5H3,(H,16,17,18). The second-order valence-corrected chi connectivity index (χ2v) is 5.83. The fourth-order valence-corrected chi connectivity index (χ4v) is 2.14. The quantitative estimate of drug-likeness (QED) is 0.830. The number of likely N-dealkylation sites (N-methyl/N-ethyl adjacent to an activating group) is 1. The van der Waals surface area contributed by atoms with E-state index in [1.54, 1.807) is 0 Å². The predicted octanol–water partition coefficient (Wildman–Crippen LogP) is 2.42. The van der Waals surface area contributed by atoms with Crippen molar-refractivity contribution in [1.82, 2.24) is 14.9 Å². The Morgan fingerprint density at radius 2 is 2.05 bits per heavy atom. The van der Waals surface area contributed by atoms with Crippen LogP contribution in [0.25, 0.3) is 0 Å². The van der Waals surface area contributed by atoms with Crippen LogP contribution in [-0.4, -0.2) is 48.2 Å². The number of aromatic nitrogens is 2. The van der Waals surface area contributed by atoms with Crippen LogP contribution in [0.2, 0.25) is 0 Å². The van der Waals surface area contributed by atoms with Crippen LogP contribution >= 0.6 is 0 Å². The van der Waals surface area contributed by atoms with Gasteiger partial charge in [0, 0.05) is 25.6 Å². The van der Waals surface area contributed by atoms with Crippen LogP contribution in [-0.2, 0) is 0 Å². The zero-order valence-corrected chi connectivity index (χ0v) is 13.2. The van der Waals surface area contributed by atoms with Crippen molar-refractivity contribution in [3.8, 4) is 5.88 Å². The second kappa shape index (κ2) is 6.39. The first-order valence-corrected chi connectivity index (χ1v) is 7.42. The third kappa shape index (κ3) is 3.60. The zero-order chi connectivity index (χ0) is 14.7. The Morgan fingerprint density at radius 3 is 2.60 bits per heavy atom. The molecule has 1 saturated carbocycles. The van der Waals surface area contributed by atoms with E-state index < -0.39 is 0 Å². The normalized spacial score (nSPS) is 14.9. The predicted molar refractivity (Wildman–Crippen MR) is 81.6 cm³/mol. The maximum Gasteiger partial charge on any atom is 0.221 e. The summed E-state index contributed by atoms with van der Waals surface area (Å²) in [5, 5.41) is 3.12. The van der Waals surface area contributed by atoms with Crippen molar-refractivity contribution in [2.24, 2.45) is 0 Å². The van der Waals surface area contributed by atoms with Gasteiger partial charge in [0.2, 0.25) is 5.88 Å². The van der Waals surface area contributed by atoms with Gasteiger partial charge in [-0.25, -0.2) is 4.98 Å². The Balaban J connectivity index is 2.02. The molecule has 0 unspecified atom stereocenters. The molecule has 0 aromatic carbocycles. The van der Waals surface area contributed by atoms with Crippen molar-refractivity contribution in [3.63, 3.8) is 0 Å². The molecule has 1 aliphatic rings. The molecular formula is C15H26N4O. The number of hydrogen-bond donors (Lipinski definition) is 1. The van der Waals surface area contributed by atoms with Crippen LogP contribution < -0.4 is 10.1 Å². The smallest absolute Gasteiger partial charge is 0.221 e. The average molecular weight is 278 g/mol. The summed E-state index contributed by atoms with van der Waals surface area (Å²) in [5.41, 5.74) is 0.978. The van der Waals surface area contributed by atoms with Gasteiger partial charge in [0.15, 0.2) is 0 Å². The number of ether oxygens (including phenoxy) is 1. The first-order chi connectivity index (χ1) is 9.52. The van der Waals surface area contributed by atoms with Gasteiger partial charge < -0.3 is 15.0 Å². The maximum atomic E-state index is 5.89. The molecule has 1 aliphatic carbocycles. The molecule has 1 aromatic heterocycles. The number of hydrogen-bond acceptors (Lipinski definition) is 5. The van der Waals surface area contributed by atoms with E-state index in [0.717, 1.165) is 29.8 Å². The molecule has 0 amide bonds. The van der Waals surface area contributed by atoms with Crippen LogP contribution in [0.1, 0.15) is 44.0 Å². The van der Waals surface area contributed by atoms with E-state index in [4.69, 9.17) is 4.74 Å². The molecule has 0 aliphatic heterocycles. The van der Waals surface area contributed by atoms with Gasteiger partial charge in [0.25, 0.3) is 0 Å². The van der Waals surface area contributed by atoms with Crippen molar-refractivity contribution in [3.05, 3.63) is 11.4 Å². The van der Waals surface area contributed by atoms with Crippen LogP contribution in [0.5, 0.6) is 5.88 Å². The second-order valence-electron chi connectivity index (χ2n) is 5.83. The molecule has 5 heteroatoms. The van der Waals surface area contributed by atoms with Crippen LogP contribution in [0.3, 0.4) is 0 Å². The summed E-state index contributed by atoms with van der Waals surface area (Å²) in [6, 6.07) is 0.768. The van der Waals surface area contributed by atoms with E-state index in [1.807, 2.05) is 14.0 Å². The molecule has 5 nitrogen and oxygen atoms in total. The first kappa shape index (κ1) is 15.0. The minimum Gasteiger partial charge on any atom is -0.476 e. The molecule has 0 spiro atoms. The van der Waals surface area contributed by atoms with E-state index in [2.05, 4.69) is 41.1 Å². The van der Waals surface area contributed by atoms with Crippen molar-refractivity contribution >= 4 is 5.82 Å². The molecule has 0 radical (unpaired) electrons. The Labute approximate surface area is 121 Å². The fraction of sp³-hybridized carbons (Fsp3) is 0.733. The lowest BCUT2D eigenvalue weighted by atomic mass is 10.2. The maximum absolute atomic E-state index is 5.89. The lowest BCUT2D eigenvalue weighted by Gasteiger charge is -2.18. The molecule has 0 atom stereocenters. The van der Waals surface area contributed by atoms with Crippen LogP contribution in [0.4, 0.5) is 5.82 Å². The van der Waals surface area contributed by atoms with Crippen LogP contribution in [0, 0.1) is 6.92 Å². The lowest BCUT2D eigenvalue weighted by Crippen LogP contribution is -2.26. The monoisotopic (exact) mass is 278 g/mol. The molecular weight excluding hydrogens is 252 g/mol.